The molecule has 0 aromatic heterocycles. The standard InChI is InChI=1S/C14H16ClNO/c15-12-4-2-1-3-11(12)14(17)16-13-8-9-5-6-10(13)7-9/h1-4,9-10,13H,5-8H2,(H,16,17)/t9-,10-,13+/m1/s1. The van der Waals surface area contributed by atoms with Crippen LogP contribution in [0.2, 0.25) is 5.02 Å². The Kier molecular flexibility index (Phi) is 2.83. The molecule has 0 radical (unpaired) electrons. The summed E-state index contributed by atoms with van der Waals surface area (Å²) < 4.78 is 0. The Balaban J connectivity index is 1.70. The van der Waals surface area contributed by atoms with Crippen molar-refractivity contribution in [2.24, 2.45) is 11.8 Å². The van der Waals surface area contributed by atoms with E-state index in [-0.39, 0.29) is 5.91 Å². The molecule has 2 aliphatic carbocycles. The van der Waals surface area contributed by atoms with Gasteiger partial charge in [0, 0.05) is 6.04 Å². The number of carbonyl (C=O) groups excluding carboxylic acids is 1. The normalized spacial score (nSPS) is 30.5. The molecule has 0 heterocycles. The topological polar surface area (TPSA) is 29.1 Å². The van der Waals surface area contributed by atoms with Gasteiger partial charge in [-0.25, -0.2) is 0 Å². The largest absolute Gasteiger partial charge is 0.349 e. The van der Waals surface area contributed by atoms with Crippen molar-refractivity contribution in [1.29, 1.82) is 0 Å². The Bertz CT molecular complexity index is 446. The van der Waals surface area contributed by atoms with Crippen LogP contribution in [0.5, 0.6) is 0 Å². The van der Waals surface area contributed by atoms with Gasteiger partial charge in [-0.2, -0.15) is 0 Å². The van der Waals surface area contributed by atoms with E-state index in [1.807, 2.05) is 12.1 Å². The van der Waals surface area contributed by atoms with Crippen molar-refractivity contribution in [3.63, 3.8) is 0 Å². The maximum atomic E-state index is 12.1. The average molecular weight is 250 g/mol. The Labute approximate surface area is 106 Å². The monoisotopic (exact) mass is 249 g/mol. The lowest BCUT2D eigenvalue weighted by Gasteiger charge is -2.23. The summed E-state index contributed by atoms with van der Waals surface area (Å²) in [6.45, 7) is 0. The lowest BCUT2D eigenvalue weighted by Crippen LogP contribution is -2.38. The van der Waals surface area contributed by atoms with E-state index in [1.165, 1.54) is 19.3 Å². The molecule has 0 aliphatic heterocycles. The van der Waals surface area contributed by atoms with E-state index < -0.39 is 0 Å². The van der Waals surface area contributed by atoms with Crippen molar-refractivity contribution in [3.8, 4) is 0 Å². The van der Waals surface area contributed by atoms with Crippen LogP contribution in [0.25, 0.3) is 0 Å². The maximum Gasteiger partial charge on any atom is 0.253 e. The van der Waals surface area contributed by atoms with Crippen LogP contribution in [-0.4, -0.2) is 11.9 Å². The van der Waals surface area contributed by atoms with Crippen LogP contribution in [0.1, 0.15) is 36.0 Å². The van der Waals surface area contributed by atoms with Gasteiger partial charge in [0.15, 0.2) is 0 Å². The fourth-order valence-electron chi connectivity index (χ4n) is 3.31. The number of benzene rings is 1. The van der Waals surface area contributed by atoms with Gasteiger partial charge in [-0.15, -0.1) is 0 Å². The van der Waals surface area contributed by atoms with Crippen LogP contribution in [0.4, 0.5) is 0 Å². The number of halogens is 1. The van der Waals surface area contributed by atoms with Crippen LogP contribution < -0.4 is 5.32 Å². The average Bonchev–Trinajstić information content (AvgIpc) is 2.91. The van der Waals surface area contributed by atoms with Gasteiger partial charge >= 0.3 is 0 Å². The van der Waals surface area contributed by atoms with E-state index in [9.17, 15) is 4.79 Å². The molecule has 3 rings (SSSR count). The van der Waals surface area contributed by atoms with Gasteiger partial charge in [-0.1, -0.05) is 30.2 Å². The Morgan fingerprint density at radius 3 is 2.71 bits per heavy atom. The number of hydrogen-bond donors (Lipinski definition) is 1. The van der Waals surface area contributed by atoms with Crippen LogP contribution in [0.15, 0.2) is 24.3 Å². The van der Waals surface area contributed by atoms with E-state index >= 15 is 0 Å². The molecule has 1 aromatic rings. The molecule has 2 bridgehead atoms. The smallest absolute Gasteiger partial charge is 0.253 e. The van der Waals surface area contributed by atoms with Crippen molar-refractivity contribution >= 4 is 17.5 Å². The molecule has 3 heteroatoms. The molecule has 90 valence electrons. The fourth-order valence-corrected chi connectivity index (χ4v) is 3.53. The minimum atomic E-state index is -0.0202. The first-order valence-corrected chi connectivity index (χ1v) is 6.67. The fraction of sp³-hybridized carbons (Fsp3) is 0.500. The summed E-state index contributed by atoms with van der Waals surface area (Å²) in [5.41, 5.74) is 0.594. The second-order valence-corrected chi connectivity index (χ2v) is 5.64. The van der Waals surface area contributed by atoms with Gasteiger partial charge in [-0.05, 0) is 43.2 Å². The molecule has 2 nitrogen and oxygen atoms in total. The Morgan fingerprint density at radius 1 is 1.24 bits per heavy atom. The predicted molar refractivity (Wildman–Crippen MR) is 68.2 cm³/mol. The minimum absolute atomic E-state index is 0.0202. The van der Waals surface area contributed by atoms with Crippen LogP contribution >= 0.6 is 11.6 Å². The first kappa shape index (κ1) is 11.1. The molecule has 0 unspecified atom stereocenters. The molecule has 0 saturated heterocycles. The molecule has 17 heavy (non-hydrogen) atoms. The highest BCUT2D eigenvalue weighted by molar-refractivity contribution is 6.33. The van der Waals surface area contributed by atoms with Crippen molar-refractivity contribution in [2.75, 3.05) is 0 Å². The third kappa shape index (κ3) is 2.06. The summed E-state index contributed by atoms with van der Waals surface area (Å²) >= 11 is 6.02. The summed E-state index contributed by atoms with van der Waals surface area (Å²) in [5, 5.41) is 3.68. The lowest BCUT2D eigenvalue weighted by atomic mass is 9.95. The highest BCUT2D eigenvalue weighted by Gasteiger charge is 2.40. The van der Waals surface area contributed by atoms with Crippen molar-refractivity contribution in [2.45, 2.75) is 31.7 Å². The molecular weight excluding hydrogens is 234 g/mol. The number of hydrogen-bond acceptors (Lipinski definition) is 1. The second kappa shape index (κ2) is 4.34. The zero-order chi connectivity index (χ0) is 11.8. The zero-order valence-electron chi connectivity index (χ0n) is 9.66. The third-order valence-corrected chi connectivity index (χ3v) is 4.50. The Morgan fingerprint density at radius 2 is 2.06 bits per heavy atom. The minimum Gasteiger partial charge on any atom is -0.349 e. The van der Waals surface area contributed by atoms with Gasteiger partial charge in [-0.3, -0.25) is 4.79 Å². The summed E-state index contributed by atoms with van der Waals surface area (Å²) in [7, 11) is 0. The highest BCUT2D eigenvalue weighted by Crippen LogP contribution is 2.44. The molecule has 0 spiro atoms. The number of carbonyl (C=O) groups is 1. The number of fused-ring (bicyclic) bond motifs is 2. The van der Waals surface area contributed by atoms with Crippen molar-refractivity contribution < 1.29 is 4.79 Å². The molecule has 2 saturated carbocycles. The first-order chi connectivity index (χ1) is 8.24. The predicted octanol–water partition coefficient (Wildman–Crippen LogP) is 3.26. The molecule has 1 N–H and O–H groups in total. The summed E-state index contributed by atoms with van der Waals surface area (Å²) in [4.78, 5) is 12.1. The summed E-state index contributed by atoms with van der Waals surface area (Å²) in [6, 6.07) is 7.61. The van der Waals surface area contributed by atoms with E-state index in [0.29, 0.717) is 22.5 Å². The number of nitrogens with one attached hydrogen (secondary N) is 1. The van der Waals surface area contributed by atoms with Gasteiger partial charge in [0.05, 0.1) is 10.6 Å². The molecule has 1 aromatic carbocycles. The highest BCUT2D eigenvalue weighted by atomic mass is 35.5. The maximum absolute atomic E-state index is 12.1. The van der Waals surface area contributed by atoms with Gasteiger partial charge < -0.3 is 5.32 Å². The quantitative estimate of drug-likeness (QED) is 0.857. The molecule has 1 amide bonds. The van der Waals surface area contributed by atoms with E-state index in [2.05, 4.69) is 5.32 Å². The number of amides is 1. The van der Waals surface area contributed by atoms with E-state index in [1.54, 1.807) is 12.1 Å². The summed E-state index contributed by atoms with van der Waals surface area (Å²) in [6.07, 6.45) is 5.08. The van der Waals surface area contributed by atoms with Crippen LogP contribution in [0.3, 0.4) is 0 Å². The zero-order valence-corrected chi connectivity index (χ0v) is 10.4. The van der Waals surface area contributed by atoms with Gasteiger partial charge in [0.1, 0.15) is 0 Å². The SMILES string of the molecule is O=C(N[C@H]1C[C@@H]2CC[C@@H]1C2)c1ccccc1Cl. The van der Waals surface area contributed by atoms with E-state index in [4.69, 9.17) is 11.6 Å². The van der Waals surface area contributed by atoms with Crippen LogP contribution in [0, 0.1) is 11.8 Å². The Hall–Kier alpha value is -1.02. The van der Waals surface area contributed by atoms with E-state index in [0.717, 1.165) is 12.3 Å². The third-order valence-electron chi connectivity index (χ3n) is 4.17. The molecular formula is C14H16ClNO. The molecule has 2 fully saturated rings. The van der Waals surface area contributed by atoms with Crippen molar-refractivity contribution in [3.05, 3.63) is 34.9 Å². The first-order valence-electron chi connectivity index (χ1n) is 6.29. The van der Waals surface area contributed by atoms with Gasteiger partial charge in [0.2, 0.25) is 0 Å². The molecule has 2 aliphatic rings. The summed E-state index contributed by atoms with van der Waals surface area (Å²) in [5.74, 6) is 1.52. The van der Waals surface area contributed by atoms with Crippen LogP contribution in [-0.2, 0) is 0 Å². The second-order valence-electron chi connectivity index (χ2n) is 5.23. The van der Waals surface area contributed by atoms with Crippen molar-refractivity contribution in [1.82, 2.24) is 5.32 Å². The lowest BCUT2D eigenvalue weighted by molar-refractivity contribution is 0.0923. The van der Waals surface area contributed by atoms with Gasteiger partial charge in [0.25, 0.3) is 5.91 Å². The molecule has 3 atom stereocenters. The number of rotatable bonds is 2.